The standard InChI is InChI=1S/C36H30N8O4S2/c37-27-13-19-31(20-14-27)49(45,46)43-35-39-29(17-11-25-7-3-1-4-8-25)23-33(41-35)34-24-30(18-12-26-9-5-2-6-10-26)40-36(42-34)44-50(47,48)32-21-15-28(38)16-22-32/h1-24H,37-38H2,(H,39,41,43)(H,40,42,44)/b17-11-,18-12+. The van der Waals surface area contributed by atoms with E-state index in [1.807, 2.05) is 72.8 Å². The van der Waals surface area contributed by atoms with E-state index in [1.165, 1.54) is 48.5 Å². The van der Waals surface area contributed by atoms with Crippen LogP contribution in [-0.2, 0) is 20.0 Å². The number of nitrogen functional groups attached to an aromatic ring is 2. The van der Waals surface area contributed by atoms with Crippen molar-refractivity contribution in [2.75, 3.05) is 20.9 Å². The molecule has 0 unspecified atom stereocenters. The van der Waals surface area contributed by atoms with Gasteiger partial charge in [-0.05, 0) is 83.9 Å². The molecule has 0 saturated carbocycles. The van der Waals surface area contributed by atoms with Crippen molar-refractivity contribution in [2.45, 2.75) is 9.79 Å². The molecule has 6 rings (SSSR count). The minimum absolute atomic E-state index is 0.0446. The molecular formula is C36H30N8O4S2. The smallest absolute Gasteiger partial charge is 0.264 e. The minimum Gasteiger partial charge on any atom is -0.399 e. The quantitative estimate of drug-likeness (QED) is 0.116. The molecule has 6 N–H and O–H groups in total. The van der Waals surface area contributed by atoms with Crippen molar-refractivity contribution in [2.24, 2.45) is 0 Å². The Bertz CT molecular complexity index is 2230. The van der Waals surface area contributed by atoms with Crippen LogP contribution in [0.5, 0.6) is 0 Å². The van der Waals surface area contributed by atoms with Gasteiger partial charge in [-0.25, -0.2) is 46.2 Å². The van der Waals surface area contributed by atoms with Gasteiger partial charge >= 0.3 is 0 Å². The zero-order valence-corrected chi connectivity index (χ0v) is 27.9. The number of nitrogens with two attached hydrogens (primary N) is 2. The Kier molecular flexibility index (Phi) is 9.65. The number of anilines is 4. The van der Waals surface area contributed by atoms with Crippen molar-refractivity contribution in [3.05, 3.63) is 144 Å². The zero-order chi connectivity index (χ0) is 35.1. The predicted octanol–water partition coefficient (Wildman–Crippen LogP) is 6.04. The first-order valence-electron chi connectivity index (χ1n) is 15.0. The highest BCUT2D eigenvalue weighted by Gasteiger charge is 2.20. The molecule has 14 heteroatoms. The van der Waals surface area contributed by atoms with Gasteiger partial charge in [-0.3, -0.25) is 0 Å². The largest absolute Gasteiger partial charge is 0.399 e. The fourth-order valence-corrected chi connectivity index (χ4v) is 6.49. The minimum atomic E-state index is -4.13. The van der Waals surface area contributed by atoms with Crippen LogP contribution in [0.1, 0.15) is 22.5 Å². The van der Waals surface area contributed by atoms with E-state index in [0.29, 0.717) is 22.8 Å². The van der Waals surface area contributed by atoms with E-state index in [4.69, 9.17) is 11.5 Å². The number of hydrogen-bond donors (Lipinski definition) is 4. The Morgan fingerprint density at radius 2 is 0.820 bits per heavy atom. The maximum atomic E-state index is 13.3. The summed E-state index contributed by atoms with van der Waals surface area (Å²) in [5.74, 6) is -0.480. The first-order chi connectivity index (χ1) is 24.0. The summed E-state index contributed by atoms with van der Waals surface area (Å²) in [5, 5.41) is 0. The van der Waals surface area contributed by atoms with Crippen LogP contribution in [0.2, 0.25) is 0 Å². The van der Waals surface area contributed by atoms with Gasteiger partial charge < -0.3 is 11.5 Å². The summed E-state index contributed by atoms with van der Waals surface area (Å²) in [7, 11) is -8.25. The van der Waals surface area contributed by atoms with E-state index >= 15 is 0 Å². The second-order valence-electron chi connectivity index (χ2n) is 10.8. The third kappa shape index (κ3) is 8.55. The highest BCUT2D eigenvalue weighted by Crippen LogP contribution is 2.25. The number of nitrogens with one attached hydrogen (secondary N) is 2. The van der Waals surface area contributed by atoms with E-state index in [9.17, 15) is 16.8 Å². The molecule has 0 fully saturated rings. The van der Waals surface area contributed by atoms with Gasteiger partial charge in [-0.1, -0.05) is 72.8 Å². The van der Waals surface area contributed by atoms with E-state index in [1.54, 1.807) is 24.3 Å². The average Bonchev–Trinajstić information content (AvgIpc) is 3.10. The summed E-state index contributed by atoms with van der Waals surface area (Å²) >= 11 is 0. The topological polar surface area (TPSA) is 196 Å². The van der Waals surface area contributed by atoms with E-state index < -0.39 is 20.0 Å². The first-order valence-corrected chi connectivity index (χ1v) is 18.0. The number of rotatable bonds is 11. The summed E-state index contributed by atoms with van der Waals surface area (Å²) < 4.78 is 58.2. The van der Waals surface area contributed by atoms with Crippen LogP contribution in [0.4, 0.5) is 23.3 Å². The lowest BCUT2D eigenvalue weighted by atomic mass is 10.1. The molecule has 0 aliphatic carbocycles. The highest BCUT2D eigenvalue weighted by molar-refractivity contribution is 7.93. The Labute approximate surface area is 289 Å². The van der Waals surface area contributed by atoms with E-state index in [0.717, 1.165) is 11.1 Å². The van der Waals surface area contributed by atoms with Gasteiger partial charge in [0.15, 0.2) is 0 Å². The van der Waals surface area contributed by atoms with Crippen molar-refractivity contribution < 1.29 is 16.8 Å². The first kappa shape index (κ1) is 33.5. The van der Waals surface area contributed by atoms with Crippen LogP contribution < -0.4 is 20.9 Å². The molecule has 4 aromatic carbocycles. The monoisotopic (exact) mass is 702 g/mol. The Morgan fingerprint density at radius 1 is 0.460 bits per heavy atom. The molecule has 250 valence electrons. The molecule has 50 heavy (non-hydrogen) atoms. The van der Waals surface area contributed by atoms with Gasteiger partial charge in [0.05, 0.1) is 32.6 Å². The highest BCUT2D eigenvalue weighted by atomic mass is 32.2. The van der Waals surface area contributed by atoms with Crippen LogP contribution in [-0.4, -0.2) is 36.8 Å². The average molecular weight is 703 g/mol. The van der Waals surface area contributed by atoms with Crippen LogP contribution in [0.3, 0.4) is 0 Å². The van der Waals surface area contributed by atoms with Gasteiger partial charge in [0.2, 0.25) is 11.9 Å². The maximum absolute atomic E-state index is 13.3. The van der Waals surface area contributed by atoms with Gasteiger partial charge in [0.25, 0.3) is 20.0 Å². The number of aromatic nitrogens is 4. The Hall–Kier alpha value is -6.38. The Balaban J connectivity index is 1.45. The summed E-state index contributed by atoms with van der Waals surface area (Å²) in [6.07, 6.45) is 7.02. The summed E-state index contributed by atoms with van der Waals surface area (Å²) in [4.78, 5) is 17.8. The SMILES string of the molecule is Nc1ccc(S(=O)(=O)Nc2nc(/C=C\c3ccccc3)cc(-c3cc(/C=C/c4ccccc4)nc(NS(=O)(=O)c4ccc(N)cc4)n3)n2)cc1. The summed E-state index contributed by atoms with van der Waals surface area (Å²) in [6.45, 7) is 0. The van der Waals surface area contributed by atoms with Crippen molar-refractivity contribution in [1.82, 2.24) is 19.9 Å². The van der Waals surface area contributed by atoms with Gasteiger partial charge in [-0.15, -0.1) is 0 Å². The molecular weight excluding hydrogens is 673 g/mol. The second kappa shape index (κ2) is 14.4. The van der Waals surface area contributed by atoms with Crippen LogP contribution in [0.15, 0.2) is 131 Å². The molecule has 2 aromatic heterocycles. The fourth-order valence-electron chi connectivity index (χ4n) is 4.60. The number of sulfonamides is 2. The van der Waals surface area contributed by atoms with Gasteiger partial charge in [-0.2, -0.15) is 0 Å². The molecule has 0 radical (unpaired) electrons. The lowest BCUT2D eigenvalue weighted by Gasteiger charge is -2.12. The van der Waals surface area contributed by atoms with Crippen molar-refractivity contribution in [1.29, 1.82) is 0 Å². The third-order valence-corrected chi connectivity index (χ3v) is 9.77. The molecule has 0 saturated heterocycles. The Morgan fingerprint density at radius 3 is 1.18 bits per heavy atom. The lowest BCUT2D eigenvalue weighted by molar-refractivity contribution is 0.599. The molecule has 0 aliphatic heterocycles. The lowest BCUT2D eigenvalue weighted by Crippen LogP contribution is -2.16. The molecule has 0 atom stereocenters. The molecule has 12 nitrogen and oxygen atoms in total. The number of nitrogens with zero attached hydrogens (tertiary/aromatic N) is 4. The number of benzene rings is 4. The fraction of sp³-hybridized carbons (Fsp3) is 0. The van der Waals surface area contributed by atoms with Crippen LogP contribution in [0, 0.1) is 0 Å². The summed E-state index contributed by atoms with van der Waals surface area (Å²) in [6, 6.07) is 33.5. The molecule has 0 aliphatic rings. The van der Waals surface area contributed by atoms with Crippen LogP contribution in [0.25, 0.3) is 35.7 Å². The van der Waals surface area contributed by atoms with Crippen molar-refractivity contribution in [3.63, 3.8) is 0 Å². The second-order valence-corrected chi connectivity index (χ2v) is 14.2. The van der Waals surface area contributed by atoms with E-state index in [2.05, 4.69) is 29.4 Å². The number of hydrogen-bond acceptors (Lipinski definition) is 10. The van der Waals surface area contributed by atoms with Crippen LogP contribution >= 0.6 is 0 Å². The molecule has 2 heterocycles. The van der Waals surface area contributed by atoms with Crippen molar-refractivity contribution in [3.8, 4) is 11.4 Å². The zero-order valence-electron chi connectivity index (χ0n) is 26.2. The molecule has 0 amide bonds. The summed E-state index contributed by atoms with van der Waals surface area (Å²) in [5.41, 5.74) is 15.1. The predicted molar refractivity (Wildman–Crippen MR) is 197 cm³/mol. The van der Waals surface area contributed by atoms with Gasteiger partial charge in [0, 0.05) is 11.4 Å². The molecule has 0 bridgehead atoms. The maximum Gasteiger partial charge on any atom is 0.264 e. The third-order valence-electron chi connectivity index (χ3n) is 7.08. The molecule has 6 aromatic rings. The van der Waals surface area contributed by atoms with E-state index in [-0.39, 0.29) is 33.1 Å². The van der Waals surface area contributed by atoms with Crippen molar-refractivity contribution >= 4 is 67.6 Å². The van der Waals surface area contributed by atoms with Gasteiger partial charge in [0.1, 0.15) is 0 Å². The normalized spacial score (nSPS) is 11.9. The molecule has 0 spiro atoms.